The van der Waals surface area contributed by atoms with E-state index in [1.807, 2.05) is 24.3 Å². The van der Waals surface area contributed by atoms with Crippen molar-refractivity contribution in [2.75, 3.05) is 13.6 Å². The third kappa shape index (κ3) is 3.33. The van der Waals surface area contributed by atoms with Crippen LogP contribution in [0.4, 0.5) is 4.79 Å². The molecule has 1 aliphatic rings. The van der Waals surface area contributed by atoms with Crippen LogP contribution in [-0.4, -0.2) is 30.0 Å². The highest BCUT2D eigenvalue weighted by Gasteiger charge is 2.25. The Kier molecular flexibility index (Phi) is 4.67. The molecule has 4 rings (SSSR count). The summed E-state index contributed by atoms with van der Waals surface area (Å²) in [5.74, 6) is 0.560. The molecule has 27 heavy (non-hydrogen) atoms. The molecular formula is C22H23N3O2. The first-order valence-electron chi connectivity index (χ1n) is 9.26. The van der Waals surface area contributed by atoms with E-state index in [-0.39, 0.29) is 0 Å². The number of carbonyl (C=O) groups is 1. The average molecular weight is 361 g/mol. The number of rotatable bonds is 4. The van der Waals surface area contributed by atoms with E-state index >= 15 is 0 Å². The van der Waals surface area contributed by atoms with Gasteiger partial charge in [0.05, 0.1) is 11.4 Å². The molecule has 0 unspecified atom stereocenters. The molecule has 0 atom stereocenters. The molecule has 5 heteroatoms. The number of hydrogen-bond donors (Lipinski definition) is 1. The SMILES string of the molecule is CNC(=O)Oc1ccc2c(c1)c1c(n2C)/C(=N/CCc2ccccc2)CC1. The smallest absolute Gasteiger partial charge is 0.410 e. The minimum atomic E-state index is -0.454. The van der Waals surface area contributed by atoms with Crippen LogP contribution < -0.4 is 10.1 Å². The van der Waals surface area contributed by atoms with Crippen molar-refractivity contribution in [1.29, 1.82) is 0 Å². The predicted octanol–water partition coefficient (Wildman–Crippen LogP) is 3.87. The summed E-state index contributed by atoms with van der Waals surface area (Å²) in [7, 11) is 3.64. The van der Waals surface area contributed by atoms with Crippen LogP contribution in [0, 0.1) is 0 Å². The van der Waals surface area contributed by atoms with E-state index in [1.165, 1.54) is 22.5 Å². The van der Waals surface area contributed by atoms with E-state index in [9.17, 15) is 4.79 Å². The first-order chi connectivity index (χ1) is 13.2. The highest BCUT2D eigenvalue weighted by Crippen LogP contribution is 2.34. The van der Waals surface area contributed by atoms with Crippen LogP contribution in [0.1, 0.15) is 23.2 Å². The number of nitrogens with zero attached hydrogens (tertiary/aromatic N) is 2. The van der Waals surface area contributed by atoms with E-state index < -0.39 is 6.09 Å². The van der Waals surface area contributed by atoms with Gasteiger partial charge in [0.2, 0.25) is 0 Å². The summed E-state index contributed by atoms with van der Waals surface area (Å²) in [6.07, 6.45) is 2.43. The van der Waals surface area contributed by atoms with Gasteiger partial charge in [-0.3, -0.25) is 4.99 Å². The van der Waals surface area contributed by atoms with Crippen molar-refractivity contribution in [3.05, 3.63) is 65.4 Å². The molecule has 5 nitrogen and oxygen atoms in total. The number of carbonyl (C=O) groups excluding carboxylic acids is 1. The van der Waals surface area contributed by atoms with Crippen molar-refractivity contribution >= 4 is 22.7 Å². The molecule has 3 aromatic rings. The molecule has 0 saturated heterocycles. The zero-order chi connectivity index (χ0) is 18.8. The van der Waals surface area contributed by atoms with Crippen LogP contribution in [0.2, 0.25) is 0 Å². The summed E-state index contributed by atoms with van der Waals surface area (Å²) in [4.78, 5) is 16.4. The number of fused-ring (bicyclic) bond motifs is 3. The Bertz CT molecular complexity index is 1020. The van der Waals surface area contributed by atoms with E-state index in [0.29, 0.717) is 5.75 Å². The second-order valence-electron chi connectivity index (χ2n) is 6.77. The summed E-state index contributed by atoms with van der Waals surface area (Å²) in [5.41, 5.74) is 6.14. The van der Waals surface area contributed by atoms with E-state index in [1.54, 1.807) is 7.05 Å². The van der Waals surface area contributed by atoms with Crippen molar-refractivity contribution < 1.29 is 9.53 Å². The van der Waals surface area contributed by atoms with Gasteiger partial charge < -0.3 is 14.6 Å². The second kappa shape index (κ2) is 7.27. The fourth-order valence-electron chi connectivity index (χ4n) is 3.82. The first kappa shape index (κ1) is 17.3. The van der Waals surface area contributed by atoms with Gasteiger partial charge in [0.1, 0.15) is 5.75 Å². The average Bonchev–Trinajstić information content (AvgIpc) is 3.23. The van der Waals surface area contributed by atoms with Gasteiger partial charge in [-0.15, -0.1) is 0 Å². The van der Waals surface area contributed by atoms with Crippen molar-refractivity contribution in [3.8, 4) is 5.75 Å². The maximum absolute atomic E-state index is 11.5. The molecule has 0 spiro atoms. The molecule has 0 fully saturated rings. The lowest BCUT2D eigenvalue weighted by atomic mass is 10.1. The number of benzene rings is 2. The van der Waals surface area contributed by atoms with Crippen LogP contribution in [0.3, 0.4) is 0 Å². The Morgan fingerprint density at radius 3 is 2.78 bits per heavy atom. The summed E-state index contributed by atoms with van der Waals surface area (Å²) in [6.45, 7) is 0.797. The van der Waals surface area contributed by atoms with Gasteiger partial charge in [0, 0.05) is 31.5 Å². The third-order valence-electron chi connectivity index (χ3n) is 5.12. The summed E-state index contributed by atoms with van der Waals surface area (Å²) in [6, 6.07) is 16.3. The summed E-state index contributed by atoms with van der Waals surface area (Å²) < 4.78 is 7.50. The number of hydrogen-bond acceptors (Lipinski definition) is 3. The molecule has 0 radical (unpaired) electrons. The predicted molar refractivity (Wildman–Crippen MR) is 108 cm³/mol. The van der Waals surface area contributed by atoms with Crippen molar-refractivity contribution in [2.24, 2.45) is 12.0 Å². The lowest BCUT2D eigenvalue weighted by molar-refractivity contribution is 0.203. The van der Waals surface area contributed by atoms with Crippen LogP contribution >= 0.6 is 0 Å². The zero-order valence-corrected chi connectivity index (χ0v) is 15.7. The quantitative estimate of drug-likeness (QED) is 0.767. The number of aliphatic imine (C=N–C) groups is 1. The number of nitrogens with one attached hydrogen (secondary N) is 1. The number of amides is 1. The van der Waals surface area contributed by atoms with E-state index in [0.717, 1.165) is 36.7 Å². The Labute approximate surface area is 158 Å². The molecule has 1 amide bonds. The lowest BCUT2D eigenvalue weighted by Crippen LogP contribution is -2.21. The van der Waals surface area contributed by atoms with Crippen LogP contribution in [-0.2, 0) is 19.9 Å². The largest absolute Gasteiger partial charge is 0.412 e. The van der Waals surface area contributed by atoms with Gasteiger partial charge in [-0.25, -0.2) is 4.79 Å². The highest BCUT2D eigenvalue weighted by molar-refractivity contribution is 6.09. The van der Waals surface area contributed by atoms with Gasteiger partial charge in [0.15, 0.2) is 0 Å². The van der Waals surface area contributed by atoms with Crippen molar-refractivity contribution in [3.63, 3.8) is 0 Å². The van der Waals surface area contributed by atoms with Crippen LogP contribution in [0.15, 0.2) is 53.5 Å². The minimum absolute atomic E-state index is 0.454. The Morgan fingerprint density at radius 2 is 2.00 bits per heavy atom. The molecule has 1 aliphatic carbocycles. The highest BCUT2D eigenvalue weighted by atomic mass is 16.5. The van der Waals surface area contributed by atoms with Gasteiger partial charge in [0.25, 0.3) is 0 Å². The molecule has 0 aliphatic heterocycles. The van der Waals surface area contributed by atoms with Gasteiger partial charge >= 0.3 is 6.09 Å². The molecule has 1 heterocycles. The van der Waals surface area contributed by atoms with Gasteiger partial charge in [-0.1, -0.05) is 30.3 Å². The fraction of sp³-hybridized carbons (Fsp3) is 0.273. The monoisotopic (exact) mass is 361 g/mol. The molecule has 0 saturated carbocycles. The van der Waals surface area contributed by atoms with Crippen molar-refractivity contribution in [2.45, 2.75) is 19.3 Å². The van der Waals surface area contributed by atoms with E-state index in [4.69, 9.17) is 9.73 Å². The van der Waals surface area contributed by atoms with Crippen molar-refractivity contribution in [1.82, 2.24) is 9.88 Å². The van der Waals surface area contributed by atoms with E-state index in [2.05, 4.69) is 41.2 Å². The standard InChI is InChI=1S/C22H23N3O2/c1-23-22(26)27-16-8-11-20-18(14-16)17-9-10-19(21(17)25(20)2)24-13-12-15-6-4-3-5-7-15/h3-8,11,14H,9-10,12-13H2,1-2H3,(H,23,26)/b24-19+. The maximum Gasteiger partial charge on any atom is 0.412 e. The fourth-order valence-corrected chi connectivity index (χ4v) is 3.82. The first-order valence-corrected chi connectivity index (χ1v) is 9.26. The Hall–Kier alpha value is -3.08. The topological polar surface area (TPSA) is 55.6 Å². The molecule has 2 aromatic carbocycles. The lowest BCUT2D eigenvalue weighted by Gasteiger charge is -2.06. The maximum atomic E-state index is 11.5. The third-order valence-corrected chi connectivity index (χ3v) is 5.12. The molecule has 1 aromatic heterocycles. The Morgan fingerprint density at radius 1 is 1.19 bits per heavy atom. The van der Waals surface area contributed by atoms with Crippen LogP contribution in [0.25, 0.3) is 10.9 Å². The molecule has 138 valence electrons. The summed E-state index contributed by atoms with van der Waals surface area (Å²) in [5, 5.41) is 3.62. The van der Waals surface area contributed by atoms with Gasteiger partial charge in [-0.2, -0.15) is 0 Å². The zero-order valence-electron chi connectivity index (χ0n) is 15.7. The number of aryl methyl sites for hydroxylation is 2. The summed E-state index contributed by atoms with van der Waals surface area (Å²) >= 11 is 0. The molecule has 0 bridgehead atoms. The normalized spacial score (nSPS) is 14.5. The van der Waals surface area contributed by atoms with Crippen LogP contribution in [0.5, 0.6) is 5.75 Å². The molecular weight excluding hydrogens is 338 g/mol. The second-order valence-corrected chi connectivity index (χ2v) is 6.77. The minimum Gasteiger partial charge on any atom is -0.410 e. The number of ether oxygens (including phenoxy) is 1. The molecule has 1 N–H and O–H groups in total. The van der Waals surface area contributed by atoms with Gasteiger partial charge in [-0.05, 0) is 48.6 Å². The Balaban J connectivity index is 1.61. The number of aromatic nitrogens is 1.